The van der Waals surface area contributed by atoms with Crippen LogP contribution in [0.4, 0.5) is 13.2 Å². The maximum atomic E-state index is 12.4. The molecular formula is C6H7F3N4. The summed E-state index contributed by atoms with van der Waals surface area (Å²) in [5, 5.41) is 6.19. The van der Waals surface area contributed by atoms with E-state index in [4.69, 9.17) is 0 Å². The van der Waals surface area contributed by atoms with Crippen LogP contribution in [0.15, 0.2) is 6.33 Å². The molecule has 0 spiro atoms. The predicted molar refractivity (Wildman–Crippen MR) is 36.8 cm³/mol. The van der Waals surface area contributed by atoms with Crippen molar-refractivity contribution in [3.05, 3.63) is 12.2 Å². The molecule has 2 rings (SSSR count). The molecule has 1 aromatic rings. The summed E-state index contributed by atoms with van der Waals surface area (Å²) in [7, 11) is 0. The predicted octanol–water partition coefficient (Wildman–Crippen LogP) is 0.485. The molecule has 1 aromatic heterocycles. The van der Waals surface area contributed by atoms with Gasteiger partial charge in [-0.3, -0.25) is 0 Å². The van der Waals surface area contributed by atoms with Crippen LogP contribution in [-0.2, 0) is 6.54 Å². The van der Waals surface area contributed by atoms with Crippen molar-refractivity contribution in [2.24, 2.45) is 0 Å². The summed E-state index contributed by atoms with van der Waals surface area (Å²) in [4.78, 5) is 3.71. The van der Waals surface area contributed by atoms with Crippen LogP contribution in [0.2, 0.25) is 0 Å². The Morgan fingerprint density at radius 3 is 3.00 bits per heavy atom. The highest BCUT2D eigenvalue weighted by Crippen LogP contribution is 2.31. The van der Waals surface area contributed by atoms with Crippen molar-refractivity contribution in [1.29, 1.82) is 0 Å². The molecule has 72 valence electrons. The van der Waals surface area contributed by atoms with Gasteiger partial charge in [-0.05, 0) is 0 Å². The third-order valence-electron chi connectivity index (χ3n) is 1.94. The highest BCUT2D eigenvalue weighted by Gasteiger charge is 2.43. The molecule has 1 unspecified atom stereocenters. The Hall–Kier alpha value is -1.11. The van der Waals surface area contributed by atoms with Gasteiger partial charge < -0.3 is 5.32 Å². The summed E-state index contributed by atoms with van der Waals surface area (Å²) in [5.41, 5.74) is 0. The molecule has 0 saturated heterocycles. The normalized spacial score (nSPS) is 22.8. The number of hydrogen-bond donors (Lipinski definition) is 1. The fourth-order valence-corrected chi connectivity index (χ4v) is 1.32. The third kappa shape index (κ3) is 1.39. The number of fused-ring (bicyclic) bond motifs is 1. The largest absolute Gasteiger partial charge is 0.412 e. The van der Waals surface area contributed by atoms with Gasteiger partial charge in [-0.1, -0.05) is 0 Å². The molecule has 0 saturated carbocycles. The summed E-state index contributed by atoms with van der Waals surface area (Å²) in [6.07, 6.45) is -3.13. The molecule has 7 heteroatoms. The van der Waals surface area contributed by atoms with E-state index in [-0.39, 0.29) is 6.54 Å². The Kier molecular flexibility index (Phi) is 1.76. The zero-order valence-electron chi connectivity index (χ0n) is 6.54. The van der Waals surface area contributed by atoms with E-state index in [0.717, 1.165) is 11.0 Å². The van der Waals surface area contributed by atoms with Crippen molar-refractivity contribution in [3.8, 4) is 0 Å². The Morgan fingerprint density at radius 2 is 2.31 bits per heavy atom. The van der Waals surface area contributed by atoms with Crippen molar-refractivity contribution in [3.63, 3.8) is 0 Å². The van der Waals surface area contributed by atoms with Gasteiger partial charge in [0, 0.05) is 6.54 Å². The van der Waals surface area contributed by atoms with Gasteiger partial charge >= 0.3 is 6.18 Å². The van der Waals surface area contributed by atoms with Crippen LogP contribution in [-0.4, -0.2) is 27.5 Å². The SMILES string of the molecule is FC(F)(F)C1CNCc2ncnn21. The van der Waals surface area contributed by atoms with Crippen LogP contribution in [0, 0.1) is 0 Å². The first-order valence-electron chi connectivity index (χ1n) is 3.75. The summed E-state index contributed by atoms with van der Waals surface area (Å²) < 4.78 is 38.0. The zero-order valence-corrected chi connectivity index (χ0v) is 6.54. The average Bonchev–Trinajstić information content (AvgIpc) is 2.48. The van der Waals surface area contributed by atoms with E-state index < -0.39 is 12.2 Å². The van der Waals surface area contributed by atoms with Gasteiger partial charge in [0.15, 0.2) is 6.04 Å². The van der Waals surface area contributed by atoms with Crippen molar-refractivity contribution >= 4 is 0 Å². The molecule has 1 aliphatic rings. The molecule has 0 aromatic carbocycles. The topological polar surface area (TPSA) is 42.7 Å². The first-order chi connectivity index (χ1) is 6.09. The fraction of sp³-hybridized carbons (Fsp3) is 0.667. The highest BCUT2D eigenvalue weighted by atomic mass is 19.4. The standard InChI is InChI=1S/C6H7F3N4/c7-6(8,9)4-1-10-2-5-11-3-12-13(4)5/h3-4,10H,1-2H2. The molecule has 1 N–H and O–H groups in total. The minimum absolute atomic E-state index is 0.139. The van der Waals surface area contributed by atoms with E-state index in [0.29, 0.717) is 12.4 Å². The summed E-state index contributed by atoms with van der Waals surface area (Å²) in [6, 6.07) is -1.58. The highest BCUT2D eigenvalue weighted by molar-refractivity contribution is 4.94. The number of aromatic nitrogens is 3. The Morgan fingerprint density at radius 1 is 1.54 bits per heavy atom. The van der Waals surface area contributed by atoms with Crippen LogP contribution in [0.3, 0.4) is 0 Å². The zero-order chi connectivity index (χ0) is 9.47. The van der Waals surface area contributed by atoms with Gasteiger partial charge in [-0.25, -0.2) is 9.67 Å². The van der Waals surface area contributed by atoms with Crippen molar-refractivity contribution in [1.82, 2.24) is 20.1 Å². The molecule has 4 nitrogen and oxygen atoms in total. The number of alkyl halides is 3. The first-order valence-corrected chi connectivity index (χ1v) is 3.75. The van der Waals surface area contributed by atoms with E-state index in [1.54, 1.807) is 0 Å². The lowest BCUT2D eigenvalue weighted by Crippen LogP contribution is -2.41. The lowest BCUT2D eigenvalue weighted by molar-refractivity contribution is -0.172. The average molecular weight is 192 g/mol. The molecule has 0 fully saturated rings. The van der Waals surface area contributed by atoms with Crippen LogP contribution in [0.5, 0.6) is 0 Å². The van der Waals surface area contributed by atoms with E-state index >= 15 is 0 Å². The van der Waals surface area contributed by atoms with Gasteiger partial charge in [0.25, 0.3) is 0 Å². The van der Waals surface area contributed by atoms with Gasteiger partial charge in [0.2, 0.25) is 0 Å². The van der Waals surface area contributed by atoms with Crippen molar-refractivity contribution in [2.75, 3.05) is 6.54 Å². The molecule has 13 heavy (non-hydrogen) atoms. The lowest BCUT2D eigenvalue weighted by atomic mass is 10.2. The van der Waals surface area contributed by atoms with Crippen LogP contribution in [0.1, 0.15) is 11.9 Å². The third-order valence-corrected chi connectivity index (χ3v) is 1.94. The second-order valence-electron chi connectivity index (χ2n) is 2.81. The molecule has 0 radical (unpaired) electrons. The van der Waals surface area contributed by atoms with Crippen molar-refractivity contribution in [2.45, 2.75) is 18.8 Å². The molecule has 1 aliphatic heterocycles. The molecule has 0 amide bonds. The maximum absolute atomic E-state index is 12.4. The molecule has 1 atom stereocenters. The summed E-state index contributed by atoms with van der Waals surface area (Å²) >= 11 is 0. The Labute approximate surface area is 71.8 Å². The van der Waals surface area contributed by atoms with Crippen molar-refractivity contribution < 1.29 is 13.2 Å². The number of nitrogens with one attached hydrogen (secondary N) is 1. The van der Waals surface area contributed by atoms with Gasteiger partial charge in [0.05, 0.1) is 6.54 Å². The maximum Gasteiger partial charge on any atom is 0.412 e. The molecular weight excluding hydrogens is 185 g/mol. The van der Waals surface area contributed by atoms with Gasteiger partial charge in [-0.2, -0.15) is 18.3 Å². The lowest BCUT2D eigenvalue weighted by Gasteiger charge is -2.26. The fourth-order valence-electron chi connectivity index (χ4n) is 1.32. The minimum Gasteiger partial charge on any atom is -0.307 e. The van der Waals surface area contributed by atoms with Crippen LogP contribution >= 0.6 is 0 Å². The quantitative estimate of drug-likeness (QED) is 0.650. The molecule has 2 heterocycles. The second-order valence-corrected chi connectivity index (χ2v) is 2.81. The number of nitrogens with zero attached hydrogens (tertiary/aromatic N) is 3. The van der Waals surface area contributed by atoms with E-state index in [1.165, 1.54) is 0 Å². The monoisotopic (exact) mass is 192 g/mol. The molecule has 0 bridgehead atoms. The minimum atomic E-state index is -4.27. The first kappa shape index (κ1) is 8.49. The Bertz CT molecular complexity index is 305. The number of hydrogen-bond acceptors (Lipinski definition) is 3. The number of halogens is 3. The van der Waals surface area contributed by atoms with Gasteiger partial charge in [-0.15, -0.1) is 0 Å². The van der Waals surface area contributed by atoms with E-state index in [2.05, 4.69) is 15.4 Å². The Balaban J connectivity index is 2.35. The van der Waals surface area contributed by atoms with Crippen LogP contribution in [0.25, 0.3) is 0 Å². The number of rotatable bonds is 0. The molecule has 0 aliphatic carbocycles. The summed E-state index contributed by atoms with van der Waals surface area (Å²) in [5.74, 6) is 0.327. The smallest absolute Gasteiger partial charge is 0.307 e. The van der Waals surface area contributed by atoms with Crippen LogP contribution < -0.4 is 5.32 Å². The second kappa shape index (κ2) is 2.69. The van der Waals surface area contributed by atoms with Gasteiger partial charge in [0.1, 0.15) is 12.2 Å². The van der Waals surface area contributed by atoms with E-state index in [1.807, 2.05) is 0 Å². The summed E-state index contributed by atoms with van der Waals surface area (Å²) in [6.45, 7) is 0.201. The van der Waals surface area contributed by atoms with E-state index in [9.17, 15) is 13.2 Å².